The lowest BCUT2D eigenvalue weighted by atomic mass is 10.1. The lowest BCUT2D eigenvalue weighted by Gasteiger charge is -2.17. The second kappa shape index (κ2) is 9.70. The molecule has 0 spiro atoms. The van der Waals surface area contributed by atoms with Crippen LogP contribution in [-0.4, -0.2) is 51.2 Å². The lowest BCUT2D eigenvalue weighted by Crippen LogP contribution is -2.48. The maximum atomic E-state index is 11.7. The average Bonchev–Trinajstić information content (AvgIpc) is 2.36. The van der Waals surface area contributed by atoms with Gasteiger partial charge in [0.2, 0.25) is 5.91 Å². The number of carboxylic acids is 3. The molecule has 0 aliphatic rings. The molecule has 0 aromatic rings. The molecule has 0 bridgehead atoms. The van der Waals surface area contributed by atoms with Crippen LogP contribution in [0.3, 0.4) is 0 Å². The van der Waals surface area contributed by atoms with Crippen LogP contribution in [0, 0.1) is 0 Å². The molecule has 0 aromatic heterocycles. The number of carbonyl (C=O) groups is 4. The molecule has 2 atom stereocenters. The first-order valence-corrected chi connectivity index (χ1v) is 6.46. The molecule has 0 aliphatic heterocycles. The van der Waals surface area contributed by atoms with Gasteiger partial charge in [0.1, 0.15) is 6.04 Å². The van der Waals surface area contributed by atoms with E-state index in [1.165, 1.54) is 0 Å². The zero-order valence-electron chi connectivity index (χ0n) is 11.4. The number of amides is 1. The number of hydrogen-bond acceptors (Lipinski definition) is 5. The largest absolute Gasteiger partial charge is 0.481 e. The van der Waals surface area contributed by atoms with Gasteiger partial charge in [-0.2, -0.15) is 0 Å². The van der Waals surface area contributed by atoms with Gasteiger partial charge in [0.15, 0.2) is 0 Å². The van der Waals surface area contributed by atoms with E-state index in [-0.39, 0.29) is 38.5 Å². The quantitative estimate of drug-likeness (QED) is 0.337. The maximum Gasteiger partial charge on any atom is 0.326 e. The number of nitrogens with one attached hydrogen (secondary N) is 1. The predicted molar refractivity (Wildman–Crippen MR) is 70.5 cm³/mol. The summed E-state index contributed by atoms with van der Waals surface area (Å²) in [5.74, 6) is -4.01. The molecule has 21 heavy (non-hydrogen) atoms. The van der Waals surface area contributed by atoms with E-state index < -0.39 is 35.9 Å². The van der Waals surface area contributed by atoms with E-state index in [0.717, 1.165) is 0 Å². The smallest absolute Gasteiger partial charge is 0.326 e. The minimum atomic E-state index is -1.27. The van der Waals surface area contributed by atoms with Gasteiger partial charge < -0.3 is 26.4 Å². The lowest BCUT2D eigenvalue weighted by molar-refractivity contribution is -0.143. The number of nitrogens with two attached hydrogens (primary N) is 1. The van der Waals surface area contributed by atoms with Gasteiger partial charge in [-0.3, -0.25) is 14.4 Å². The molecular weight excluding hydrogens is 284 g/mol. The van der Waals surface area contributed by atoms with E-state index in [2.05, 4.69) is 5.32 Å². The molecule has 9 nitrogen and oxygen atoms in total. The van der Waals surface area contributed by atoms with Crippen LogP contribution < -0.4 is 11.1 Å². The molecule has 0 aromatic carbocycles. The fourth-order valence-corrected chi connectivity index (χ4v) is 1.60. The Morgan fingerprint density at radius 3 is 1.81 bits per heavy atom. The zero-order valence-corrected chi connectivity index (χ0v) is 11.4. The van der Waals surface area contributed by atoms with Crippen LogP contribution in [0.15, 0.2) is 0 Å². The molecule has 0 saturated heterocycles. The van der Waals surface area contributed by atoms with E-state index in [9.17, 15) is 19.2 Å². The molecule has 0 heterocycles. The highest BCUT2D eigenvalue weighted by atomic mass is 16.4. The summed E-state index contributed by atoms with van der Waals surface area (Å²) in [6, 6.07) is -2.20. The monoisotopic (exact) mass is 304 g/mol. The SMILES string of the molecule is N[C@@H](CCCC(=O)O)C(=O)N[C@H](CCCC(=O)O)C(=O)O. The van der Waals surface area contributed by atoms with Crippen LogP contribution in [0.1, 0.15) is 38.5 Å². The summed E-state index contributed by atoms with van der Waals surface area (Å²) in [5.41, 5.74) is 5.54. The van der Waals surface area contributed by atoms with Crippen LogP contribution in [-0.2, 0) is 19.2 Å². The standard InChI is InChI=1S/C12H20N2O7/c13-7(3-1-5-9(15)16)11(19)14-8(12(20)21)4-2-6-10(17)18/h7-8H,1-6,13H2,(H,14,19)(H,15,16)(H,17,18)(H,20,21)/t7-,8+/m0/s1. The number of carboxylic acid groups (broad SMARTS) is 3. The van der Waals surface area contributed by atoms with Crippen LogP contribution in [0.4, 0.5) is 0 Å². The summed E-state index contributed by atoms with van der Waals surface area (Å²) >= 11 is 0. The van der Waals surface area contributed by atoms with Crippen molar-refractivity contribution in [2.75, 3.05) is 0 Å². The summed E-state index contributed by atoms with van der Waals surface area (Å²) in [7, 11) is 0. The van der Waals surface area contributed by atoms with Crippen molar-refractivity contribution in [2.24, 2.45) is 5.73 Å². The van der Waals surface area contributed by atoms with E-state index >= 15 is 0 Å². The normalized spacial score (nSPS) is 13.2. The zero-order chi connectivity index (χ0) is 16.4. The minimum Gasteiger partial charge on any atom is -0.481 e. The molecule has 1 amide bonds. The first kappa shape index (κ1) is 18.8. The van der Waals surface area contributed by atoms with Crippen LogP contribution >= 0.6 is 0 Å². The van der Waals surface area contributed by atoms with Gasteiger partial charge in [0.25, 0.3) is 0 Å². The molecule has 0 unspecified atom stereocenters. The van der Waals surface area contributed by atoms with Gasteiger partial charge in [0.05, 0.1) is 6.04 Å². The Hall–Kier alpha value is -2.16. The Morgan fingerprint density at radius 2 is 1.38 bits per heavy atom. The molecule has 0 radical (unpaired) electrons. The summed E-state index contributed by atoms with van der Waals surface area (Å²) in [6.45, 7) is 0. The summed E-state index contributed by atoms with van der Waals surface area (Å²) in [6.07, 6.45) is 0.114. The van der Waals surface area contributed by atoms with Crippen molar-refractivity contribution in [3.05, 3.63) is 0 Å². The first-order chi connectivity index (χ1) is 9.73. The second-order valence-electron chi connectivity index (χ2n) is 4.58. The highest BCUT2D eigenvalue weighted by Crippen LogP contribution is 2.04. The summed E-state index contributed by atoms with van der Waals surface area (Å²) < 4.78 is 0. The number of carbonyl (C=O) groups excluding carboxylic acids is 1. The van der Waals surface area contributed by atoms with Gasteiger partial charge in [-0.05, 0) is 25.7 Å². The van der Waals surface area contributed by atoms with Crippen molar-refractivity contribution in [3.8, 4) is 0 Å². The fraction of sp³-hybridized carbons (Fsp3) is 0.667. The molecule has 0 rings (SSSR count). The molecule has 0 saturated carbocycles. The van der Waals surface area contributed by atoms with E-state index in [1.807, 2.05) is 0 Å². The summed E-state index contributed by atoms with van der Waals surface area (Å²) in [5, 5.41) is 28.1. The Balaban J connectivity index is 4.23. The third-order valence-electron chi connectivity index (χ3n) is 2.74. The number of hydrogen-bond donors (Lipinski definition) is 5. The summed E-state index contributed by atoms with van der Waals surface area (Å²) in [4.78, 5) is 43.3. The predicted octanol–water partition coefficient (Wildman–Crippen LogP) is -0.607. The highest BCUT2D eigenvalue weighted by molar-refractivity contribution is 5.86. The number of rotatable bonds is 11. The minimum absolute atomic E-state index is 0.0186. The van der Waals surface area contributed by atoms with E-state index in [0.29, 0.717) is 0 Å². The van der Waals surface area contributed by atoms with Crippen molar-refractivity contribution in [2.45, 2.75) is 50.6 Å². The van der Waals surface area contributed by atoms with Gasteiger partial charge in [-0.1, -0.05) is 0 Å². The Kier molecular flexibility index (Phi) is 8.70. The van der Waals surface area contributed by atoms with Gasteiger partial charge in [-0.25, -0.2) is 4.79 Å². The third-order valence-corrected chi connectivity index (χ3v) is 2.74. The van der Waals surface area contributed by atoms with Crippen LogP contribution in [0.25, 0.3) is 0 Å². The molecule has 0 aliphatic carbocycles. The van der Waals surface area contributed by atoms with E-state index in [4.69, 9.17) is 21.1 Å². The third kappa shape index (κ3) is 9.38. The molecular formula is C12H20N2O7. The van der Waals surface area contributed by atoms with Crippen molar-refractivity contribution >= 4 is 23.8 Å². The van der Waals surface area contributed by atoms with Crippen molar-refractivity contribution in [3.63, 3.8) is 0 Å². The molecule has 9 heteroatoms. The van der Waals surface area contributed by atoms with Gasteiger partial charge in [0, 0.05) is 12.8 Å². The molecule has 120 valence electrons. The van der Waals surface area contributed by atoms with Crippen LogP contribution in [0.5, 0.6) is 0 Å². The molecule has 0 fully saturated rings. The first-order valence-electron chi connectivity index (χ1n) is 6.46. The van der Waals surface area contributed by atoms with Crippen molar-refractivity contribution in [1.29, 1.82) is 0 Å². The topological polar surface area (TPSA) is 167 Å². The average molecular weight is 304 g/mol. The fourth-order valence-electron chi connectivity index (χ4n) is 1.60. The second-order valence-corrected chi connectivity index (χ2v) is 4.58. The Morgan fingerprint density at radius 1 is 0.905 bits per heavy atom. The van der Waals surface area contributed by atoms with Crippen LogP contribution in [0.2, 0.25) is 0 Å². The highest BCUT2D eigenvalue weighted by Gasteiger charge is 2.23. The van der Waals surface area contributed by atoms with Gasteiger partial charge in [-0.15, -0.1) is 0 Å². The molecule has 6 N–H and O–H groups in total. The van der Waals surface area contributed by atoms with Gasteiger partial charge >= 0.3 is 17.9 Å². The Labute approximate surface area is 121 Å². The van der Waals surface area contributed by atoms with Crippen molar-refractivity contribution < 1.29 is 34.5 Å². The Bertz CT molecular complexity index is 397. The number of aliphatic carboxylic acids is 3. The maximum absolute atomic E-state index is 11.7. The van der Waals surface area contributed by atoms with Crippen molar-refractivity contribution in [1.82, 2.24) is 5.32 Å². The van der Waals surface area contributed by atoms with E-state index in [1.54, 1.807) is 0 Å².